The number of nitrogens with one attached hydrogen (secondary N) is 2. The van der Waals surface area contributed by atoms with Gasteiger partial charge in [-0.15, -0.1) is 0 Å². The lowest BCUT2D eigenvalue weighted by Crippen LogP contribution is -2.36. The monoisotopic (exact) mass is 678 g/mol. The first-order chi connectivity index (χ1) is 22.8. The van der Waals surface area contributed by atoms with Gasteiger partial charge in [0.25, 0.3) is 0 Å². The van der Waals surface area contributed by atoms with Crippen LogP contribution in [0.4, 0.5) is 0 Å². The number of aliphatic hydroxyl groups excluding tert-OH is 2. The quantitative estimate of drug-likeness (QED) is 0.123. The summed E-state index contributed by atoms with van der Waals surface area (Å²) in [7, 11) is 3.16. The first-order valence-corrected chi connectivity index (χ1v) is 16.8. The summed E-state index contributed by atoms with van der Waals surface area (Å²) >= 11 is 14.1. The average molecular weight is 680 g/mol. The van der Waals surface area contributed by atoms with E-state index in [2.05, 4.69) is 20.6 Å². The fourth-order valence-electron chi connectivity index (χ4n) is 6.21. The smallest absolute Gasteiger partial charge is 0.237 e. The van der Waals surface area contributed by atoms with Crippen molar-refractivity contribution < 1.29 is 19.7 Å². The molecule has 2 fully saturated rings. The van der Waals surface area contributed by atoms with E-state index in [1.54, 1.807) is 26.6 Å². The van der Waals surface area contributed by atoms with Crippen LogP contribution >= 0.6 is 23.2 Å². The zero-order valence-corrected chi connectivity index (χ0v) is 28.1. The molecule has 47 heavy (non-hydrogen) atoms. The number of hydrogen-bond donors (Lipinski definition) is 4. The van der Waals surface area contributed by atoms with Gasteiger partial charge >= 0.3 is 0 Å². The van der Waals surface area contributed by atoms with E-state index in [1.165, 1.54) is 0 Å². The van der Waals surface area contributed by atoms with Gasteiger partial charge in [-0.25, -0.2) is 9.97 Å². The van der Waals surface area contributed by atoms with Crippen LogP contribution in [0.2, 0.25) is 10.0 Å². The third-order valence-corrected chi connectivity index (χ3v) is 9.83. The van der Waals surface area contributed by atoms with E-state index in [-0.39, 0.29) is 12.2 Å². The summed E-state index contributed by atoms with van der Waals surface area (Å²) < 4.78 is 11.2. The highest BCUT2D eigenvalue weighted by molar-refractivity contribution is 6.39. The van der Waals surface area contributed by atoms with E-state index in [0.29, 0.717) is 80.6 Å². The summed E-state index contributed by atoms with van der Waals surface area (Å²) in [6.07, 6.45) is 7.55. The second-order valence-corrected chi connectivity index (χ2v) is 13.1. The van der Waals surface area contributed by atoms with Crippen LogP contribution in [0.1, 0.15) is 43.5 Å². The Kier molecular flexibility index (Phi) is 10.9. The molecule has 2 aliphatic carbocycles. The molecule has 248 valence electrons. The lowest BCUT2D eigenvalue weighted by molar-refractivity contribution is 0.0393. The molecule has 2 aromatic heterocycles. The number of nitrogens with zero attached hydrogens (tertiary/aromatic N) is 4. The number of aromatic nitrogens is 4. The van der Waals surface area contributed by atoms with Gasteiger partial charge < -0.3 is 30.3 Å². The Morgan fingerprint density at radius 1 is 0.702 bits per heavy atom. The summed E-state index contributed by atoms with van der Waals surface area (Å²) in [5, 5.41) is 26.8. The Morgan fingerprint density at radius 3 is 1.66 bits per heavy atom. The van der Waals surface area contributed by atoms with E-state index < -0.39 is 0 Å². The molecule has 10 nitrogen and oxygen atoms in total. The highest BCUT2D eigenvalue weighted by Gasteiger charge is 2.27. The van der Waals surface area contributed by atoms with Gasteiger partial charge in [0.05, 0.1) is 60.3 Å². The lowest BCUT2D eigenvalue weighted by atomic mass is 9.80. The number of hydrogen-bond acceptors (Lipinski definition) is 10. The number of methoxy groups -OCH3 is 2. The summed E-state index contributed by atoms with van der Waals surface area (Å²) in [4.78, 5) is 18.8. The second kappa shape index (κ2) is 15.2. The lowest BCUT2D eigenvalue weighted by Gasteiger charge is -2.31. The number of aliphatic hydroxyl groups is 2. The fourth-order valence-corrected chi connectivity index (χ4v) is 6.86. The van der Waals surface area contributed by atoms with E-state index in [0.717, 1.165) is 56.3 Å². The number of ether oxygens (including phenoxy) is 2. The van der Waals surface area contributed by atoms with Crippen LogP contribution < -0.4 is 20.1 Å². The molecular weight excluding hydrogens is 639 g/mol. The van der Waals surface area contributed by atoms with Crippen molar-refractivity contribution in [1.82, 2.24) is 30.6 Å². The predicted octanol–water partition coefficient (Wildman–Crippen LogP) is 5.70. The highest BCUT2D eigenvalue weighted by atomic mass is 35.5. The Bertz CT molecular complexity index is 1700. The number of rotatable bonds is 14. The minimum Gasteiger partial charge on any atom is -0.480 e. The molecule has 0 saturated heterocycles. The zero-order valence-electron chi connectivity index (χ0n) is 26.5. The van der Waals surface area contributed by atoms with Gasteiger partial charge in [0.15, 0.2) is 0 Å². The molecule has 12 heteroatoms. The molecule has 0 radical (unpaired) electrons. The first kappa shape index (κ1) is 33.5. The van der Waals surface area contributed by atoms with Crippen LogP contribution in [0.15, 0.2) is 48.8 Å². The van der Waals surface area contributed by atoms with Crippen LogP contribution in [0.25, 0.3) is 33.6 Å². The Morgan fingerprint density at radius 2 is 1.17 bits per heavy atom. The summed E-state index contributed by atoms with van der Waals surface area (Å²) in [6, 6.07) is 11.5. The maximum Gasteiger partial charge on any atom is 0.237 e. The molecule has 0 aliphatic heterocycles. The molecule has 0 bridgehead atoms. The SMILES string of the molecule is COc1nc(-c2cccc(-c3cccc(-c4cnc(CNCC5CC(O)C5)c(OC)n4)c3Cl)c2Cl)cnc1CNCCC1CC(O)C1. The molecule has 0 unspecified atom stereocenters. The van der Waals surface area contributed by atoms with Gasteiger partial charge in [-0.3, -0.25) is 9.97 Å². The Hall–Kier alpha value is -3.38. The molecule has 6 rings (SSSR count). The van der Waals surface area contributed by atoms with Crippen molar-refractivity contribution in [2.24, 2.45) is 11.8 Å². The molecule has 4 N–H and O–H groups in total. The van der Waals surface area contributed by atoms with Crippen molar-refractivity contribution in [3.63, 3.8) is 0 Å². The van der Waals surface area contributed by atoms with Crippen LogP contribution in [-0.2, 0) is 13.1 Å². The molecular formula is C35H40Cl2N6O4. The third kappa shape index (κ3) is 7.69. The van der Waals surface area contributed by atoms with Crippen molar-refractivity contribution >= 4 is 23.2 Å². The molecule has 4 aromatic rings. The van der Waals surface area contributed by atoms with E-state index in [1.807, 2.05) is 36.4 Å². The van der Waals surface area contributed by atoms with Crippen LogP contribution in [0, 0.1) is 11.8 Å². The topological polar surface area (TPSA) is 135 Å². The molecule has 0 amide bonds. The van der Waals surface area contributed by atoms with Crippen molar-refractivity contribution in [2.75, 3.05) is 27.3 Å². The zero-order chi connectivity index (χ0) is 32.9. The number of halogens is 2. The van der Waals surface area contributed by atoms with Crippen molar-refractivity contribution in [3.8, 4) is 45.4 Å². The van der Waals surface area contributed by atoms with Gasteiger partial charge in [0.2, 0.25) is 11.8 Å². The normalized spacial score (nSPS) is 20.4. The molecule has 2 heterocycles. The average Bonchev–Trinajstić information content (AvgIpc) is 3.05. The van der Waals surface area contributed by atoms with Gasteiger partial charge in [-0.1, -0.05) is 59.6 Å². The molecule has 2 aromatic carbocycles. The van der Waals surface area contributed by atoms with E-state index in [4.69, 9.17) is 42.6 Å². The highest BCUT2D eigenvalue weighted by Crippen LogP contribution is 2.42. The van der Waals surface area contributed by atoms with E-state index in [9.17, 15) is 10.2 Å². The maximum absolute atomic E-state index is 9.53. The minimum atomic E-state index is -0.172. The van der Waals surface area contributed by atoms with Gasteiger partial charge in [-0.2, -0.15) is 0 Å². The van der Waals surface area contributed by atoms with Crippen LogP contribution in [0.3, 0.4) is 0 Å². The Labute approximate surface area is 284 Å². The molecule has 0 spiro atoms. The summed E-state index contributed by atoms with van der Waals surface area (Å²) in [5.41, 5.74) is 5.46. The summed E-state index contributed by atoms with van der Waals surface area (Å²) in [6.45, 7) is 2.68. The van der Waals surface area contributed by atoms with Gasteiger partial charge in [-0.05, 0) is 57.0 Å². The summed E-state index contributed by atoms with van der Waals surface area (Å²) in [5.74, 6) is 1.92. The fraction of sp³-hybridized carbons (Fsp3) is 0.429. The largest absolute Gasteiger partial charge is 0.480 e. The second-order valence-electron chi connectivity index (χ2n) is 12.3. The van der Waals surface area contributed by atoms with Gasteiger partial charge in [0, 0.05) is 35.3 Å². The Balaban J connectivity index is 1.19. The van der Waals surface area contributed by atoms with E-state index >= 15 is 0 Å². The first-order valence-electron chi connectivity index (χ1n) is 16.0. The maximum atomic E-state index is 9.53. The third-order valence-electron chi connectivity index (χ3n) is 9.02. The van der Waals surface area contributed by atoms with Crippen LogP contribution in [0.5, 0.6) is 11.8 Å². The van der Waals surface area contributed by atoms with Gasteiger partial charge in [0.1, 0.15) is 11.4 Å². The van der Waals surface area contributed by atoms with Crippen molar-refractivity contribution in [2.45, 2.75) is 57.4 Å². The van der Waals surface area contributed by atoms with Crippen LogP contribution in [-0.4, -0.2) is 69.7 Å². The molecule has 2 aliphatic rings. The van der Waals surface area contributed by atoms with Crippen molar-refractivity contribution in [1.29, 1.82) is 0 Å². The molecule has 2 saturated carbocycles. The minimum absolute atomic E-state index is 0.133. The predicted molar refractivity (Wildman–Crippen MR) is 183 cm³/mol. The molecule has 0 atom stereocenters. The standard InChI is InChI=1S/C35H40Cl2N6O4/c1-46-34-30(16-38-10-9-20-11-22(44)12-20)40-18-28(42-34)26-7-3-5-24(32(26)36)25-6-4-8-27(33(25)37)29-19-41-31(35(43-29)47-2)17-39-15-21-13-23(45)14-21/h3-8,18-23,38-39,44-45H,9-17H2,1-2H3. The van der Waals surface area contributed by atoms with Crippen molar-refractivity contribution in [3.05, 3.63) is 70.2 Å². The number of benzene rings is 2.